The monoisotopic (exact) mass is 397 g/mol. The number of hydrogen-bond acceptors (Lipinski definition) is 2. The van der Waals surface area contributed by atoms with Crippen molar-refractivity contribution in [3.8, 4) is 0 Å². The smallest absolute Gasteiger partial charge is 0.0655 e. The number of H-pyrrole nitrogens is 1. The maximum atomic E-state index is 6.70. The summed E-state index contributed by atoms with van der Waals surface area (Å²) in [5, 5.41) is 1.32. The van der Waals surface area contributed by atoms with E-state index in [4.69, 9.17) is 5.73 Å². The zero-order valence-electron chi connectivity index (χ0n) is 14.7. The van der Waals surface area contributed by atoms with Gasteiger partial charge in [0.15, 0.2) is 0 Å². The summed E-state index contributed by atoms with van der Waals surface area (Å²) < 4.78 is 1.13. The molecule has 3 N–H and O–H groups in total. The first-order valence-corrected chi connectivity index (χ1v) is 9.63. The van der Waals surface area contributed by atoms with Gasteiger partial charge in [-0.05, 0) is 56.1 Å². The largest absolute Gasteiger partial charge is 0.357 e. The fourth-order valence-corrected chi connectivity index (χ4v) is 4.42. The third-order valence-electron chi connectivity index (χ3n) is 5.38. The van der Waals surface area contributed by atoms with Gasteiger partial charge in [0.2, 0.25) is 0 Å². The van der Waals surface area contributed by atoms with Crippen LogP contribution in [-0.4, -0.2) is 29.5 Å². The van der Waals surface area contributed by atoms with Crippen molar-refractivity contribution < 1.29 is 0 Å². The molecule has 0 saturated heterocycles. The molecule has 2 heterocycles. The lowest BCUT2D eigenvalue weighted by molar-refractivity contribution is 0.195. The highest BCUT2D eigenvalue weighted by Gasteiger charge is 2.32. The SMILES string of the molecule is Cc1ccc(CC(N)C2c3[nH]c4ccc(Br)cc4c3CCN2C)cc1. The van der Waals surface area contributed by atoms with Gasteiger partial charge < -0.3 is 10.7 Å². The predicted octanol–water partition coefficient (Wildman–Crippen LogP) is 4.34. The van der Waals surface area contributed by atoms with Gasteiger partial charge in [-0.3, -0.25) is 4.90 Å². The molecule has 1 aliphatic heterocycles. The number of aromatic amines is 1. The zero-order chi connectivity index (χ0) is 17.6. The molecule has 0 radical (unpaired) electrons. The second-order valence-corrected chi connectivity index (χ2v) is 8.15. The van der Waals surface area contributed by atoms with Gasteiger partial charge in [-0.15, -0.1) is 0 Å². The molecule has 4 rings (SSSR count). The Labute approximate surface area is 157 Å². The highest BCUT2D eigenvalue weighted by Crippen LogP contribution is 2.36. The average molecular weight is 398 g/mol. The van der Waals surface area contributed by atoms with Crippen LogP contribution in [0.1, 0.15) is 28.4 Å². The second kappa shape index (κ2) is 6.60. The molecule has 0 aliphatic carbocycles. The lowest BCUT2D eigenvalue weighted by atomic mass is 9.90. The van der Waals surface area contributed by atoms with Crippen molar-refractivity contribution in [1.82, 2.24) is 9.88 Å². The first-order chi connectivity index (χ1) is 12.0. The zero-order valence-corrected chi connectivity index (χ0v) is 16.3. The lowest BCUT2D eigenvalue weighted by Crippen LogP contribution is -2.44. The summed E-state index contributed by atoms with van der Waals surface area (Å²) in [6, 6.07) is 15.5. The van der Waals surface area contributed by atoms with Crippen molar-refractivity contribution in [3.05, 3.63) is 69.3 Å². The van der Waals surface area contributed by atoms with Crippen LogP contribution in [0.2, 0.25) is 0 Å². The van der Waals surface area contributed by atoms with Gasteiger partial charge in [-0.1, -0.05) is 45.8 Å². The van der Waals surface area contributed by atoms with E-state index in [0.717, 1.165) is 23.9 Å². The molecule has 3 aromatic rings. The normalized spacial score (nSPS) is 19.1. The quantitative estimate of drug-likeness (QED) is 0.690. The Morgan fingerprint density at radius 3 is 2.76 bits per heavy atom. The summed E-state index contributed by atoms with van der Waals surface area (Å²) >= 11 is 3.60. The Hall–Kier alpha value is -1.62. The van der Waals surface area contributed by atoms with E-state index in [9.17, 15) is 0 Å². The van der Waals surface area contributed by atoms with Crippen LogP contribution in [0.4, 0.5) is 0 Å². The molecule has 0 fully saturated rings. The molecule has 0 spiro atoms. The average Bonchev–Trinajstić information content (AvgIpc) is 2.94. The highest BCUT2D eigenvalue weighted by atomic mass is 79.9. The van der Waals surface area contributed by atoms with Crippen molar-refractivity contribution in [2.45, 2.75) is 31.8 Å². The fraction of sp³-hybridized carbons (Fsp3) is 0.333. The molecule has 2 unspecified atom stereocenters. The third kappa shape index (κ3) is 3.14. The van der Waals surface area contributed by atoms with E-state index in [1.807, 2.05) is 0 Å². The number of halogens is 1. The van der Waals surface area contributed by atoms with E-state index >= 15 is 0 Å². The van der Waals surface area contributed by atoms with E-state index < -0.39 is 0 Å². The van der Waals surface area contributed by atoms with Crippen LogP contribution >= 0.6 is 15.9 Å². The number of likely N-dealkylation sites (N-methyl/N-ethyl adjacent to an activating group) is 1. The summed E-state index contributed by atoms with van der Waals surface area (Å²) in [4.78, 5) is 6.05. The number of nitrogens with two attached hydrogens (primary N) is 1. The van der Waals surface area contributed by atoms with Crippen molar-refractivity contribution in [1.29, 1.82) is 0 Å². The fourth-order valence-electron chi connectivity index (χ4n) is 4.06. The molecule has 1 aromatic heterocycles. The van der Waals surface area contributed by atoms with Crippen LogP contribution in [0, 0.1) is 6.92 Å². The first kappa shape index (κ1) is 16.8. The molecule has 3 nitrogen and oxygen atoms in total. The van der Waals surface area contributed by atoms with E-state index in [1.165, 1.54) is 33.3 Å². The number of fused-ring (bicyclic) bond motifs is 3. The summed E-state index contributed by atoms with van der Waals surface area (Å²) in [7, 11) is 2.18. The van der Waals surface area contributed by atoms with Crippen molar-refractivity contribution >= 4 is 26.8 Å². The minimum atomic E-state index is 0.0586. The Morgan fingerprint density at radius 1 is 1.24 bits per heavy atom. The Morgan fingerprint density at radius 2 is 2.00 bits per heavy atom. The van der Waals surface area contributed by atoms with Crippen LogP contribution in [0.5, 0.6) is 0 Å². The van der Waals surface area contributed by atoms with Crippen LogP contribution in [-0.2, 0) is 12.8 Å². The standard InChI is InChI=1S/C21H24BrN3/c1-13-3-5-14(6-4-13)11-18(23)21-20-16(9-10-25(21)2)17-12-15(22)7-8-19(17)24-20/h3-8,12,18,21,24H,9-11,23H2,1-2H3. The molecule has 4 heteroatoms. The summed E-state index contributed by atoms with van der Waals surface area (Å²) in [5.74, 6) is 0. The number of rotatable bonds is 3. The van der Waals surface area contributed by atoms with Crippen LogP contribution in [0.25, 0.3) is 10.9 Å². The lowest BCUT2D eigenvalue weighted by Gasteiger charge is -2.36. The number of nitrogens with one attached hydrogen (secondary N) is 1. The van der Waals surface area contributed by atoms with Crippen LogP contribution in [0.15, 0.2) is 46.9 Å². The molecule has 0 bridgehead atoms. The van der Waals surface area contributed by atoms with Gasteiger partial charge in [-0.2, -0.15) is 0 Å². The maximum absolute atomic E-state index is 6.70. The minimum absolute atomic E-state index is 0.0586. The van der Waals surface area contributed by atoms with Gasteiger partial charge >= 0.3 is 0 Å². The molecule has 1 aliphatic rings. The maximum Gasteiger partial charge on any atom is 0.0655 e. The number of aryl methyl sites for hydroxylation is 1. The van der Waals surface area contributed by atoms with E-state index in [-0.39, 0.29) is 12.1 Å². The summed E-state index contributed by atoms with van der Waals surface area (Å²) in [5.41, 5.74) is 13.2. The third-order valence-corrected chi connectivity index (χ3v) is 5.88. The molecule has 25 heavy (non-hydrogen) atoms. The highest BCUT2D eigenvalue weighted by molar-refractivity contribution is 9.10. The topological polar surface area (TPSA) is 45.1 Å². The Bertz CT molecular complexity index is 897. The predicted molar refractivity (Wildman–Crippen MR) is 108 cm³/mol. The van der Waals surface area contributed by atoms with Crippen molar-refractivity contribution in [2.24, 2.45) is 5.73 Å². The second-order valence-electron chi connectivity index (χ2n) is 7.24. The molecule has 0 saturated carbocycles. The summed E-state index contributed by atoms with van der Waals surface area (Å²) in [6.45, 7) is 3.16. The van der Waals surface area contributed by atoms with Crippen molar-refractivity contribution in [3.63, 3.8) is 0 Å². The van der Waals surface area contributed by atoms with Gasteiger partial charge in [0.25, 0.3) is 0 Å². The van der Waals surface area contributed by atoms with E-state index in [2.05, 4.69) is 82.2 Å². The number of hydrogen-bond donors (Lipinski definition) is 2. The number of benzene rings is 2. The molecule has 0 amide bonds. The van der Waals surface area contributed by atoms with E-state index in [1.54, 1.807) is 0 Å². The number of nitrogens with zero attached hydrogens (tertiary/aromatic N) is 1. The van der Waals surface area contributed by atoms with Crippen molar-refractivity contribution in [2.75, 3.05) is 13.6 Å². The van der Waals surface area contributed by atoms with Crippen LogP contribution < -0.4 is 5.73 Å². The van der Waals surface area contributed by atoms with Gasteiger partial charge in [-0.25, -0.2) is 0 Å². The molecular weight excluding hydrogens is 374 g/mol. The Kier molecular flexibility index (Phi) is 4.44. The van der Waals surface area contributed by atoms with Gasteiger partial charge in [0, 0.05) is 33.7 Å². The van der Waals surface area contributed by atoms with Gasteiger partial charge in [0.1, 0.15) is 0 Å². The summed E-state index contributed by atoms with van der Waals surface area (Å²) in [6.07, 6.45) is 1.95. The minimum Gasteiger partial charge on any atom is -0.357 e. The van der Waals surface area contributed by atoms with E-state index in [0.29, 0.717) is 0 Å². The van der Waals surface area contributed by atoms with Gasteiger partial charge in [0.05, 0.1) is 6.04 Å². The first-order valence-electron chi connectivity index (χ1n) is 8.84. The molecule has 130 valence electrons. The molecule has 2 aromatic carbocycles. The number of aromatic nitrogens is 1. The molecule has 2 atom stereocenters. The molecular formula is C21H24BrN3. The van der Waals surface area contributed by atoms with Crippen LogP contribution in [0.3, 0.4) is 0 Å². The Balaban J connectivity index is 1.70.